The van der Waals surface area contributed by atoms with Crippen molar-refractivity contribution >= 4 is 16.0 Å². The summed E-state index contributed by atoms with van der Waals surface area (Å²) in [6.45, 7) is 3.60. The van der Waals surface area contributed by atoms with Crippen LogP contribution in [0.1, 0.15) is 18.4 Å². The molecule has 1 aliphatic heterocycles. The number of benzene rings is 2. The van der Waals surface area contributed by atoms with E-state index in [0.717, 1.165) is 26.1 Å². The molecule has 3 rings (SSSR count). The second-order valence-electron chi connectivity index (χ2n) is 7.34. The molecule has 1 unspecified atom stereocenters. The molecule has 3 N–H and O–H groups in total. The van der Waals surface area contributed by atoms with Gasteiger partial charge in [-0.3, -0.25) is 9.89 Å². The zero-order valence-corrected chi connectivity index (χ0v) is 18.2. The molecule has 1 fully saturated rings. The highest BCUT2D eigenvalue weighted by molar-refractivity contribution is 7.89. The normalized spacial score (nSPS) is 17.8. The smallest absolute Gasteiger partial charge is 0.240 e. The summed E-state index contributed by atoms with van der Waals surface area (Å²) in [6, 6.07) is 19.4. The van der Waals surface area contributed by atoms with Crippen LogP contribution in [-0.2, 0) is 16.6 Å². The molecule has 0 bridgehead atoms. The van der Waals surface area contributed by atoms with Crippen molar-refractivity contribution in [2.75, 3.05) is 33.2 Å². The maximum atomic E-state index is 12.2. The Hall–Kier alpha value is -2.42. The largest absolute Gasteiger partial charge is 0.355 e. The lowest BCUT2D eigenvalue weighted by Gasteiger charge is -2.25. The van der Waals surface area contributed by atoms with Gasteiger partial charge in [-0.25, -0.2) is 13.1 Å². The van der Waals surface area contributed by atoms with Crippen molar-refractivity contribution in [1.29, 1.82) is 0 Å². The molecule has 0 saturated carbocycles. The first kappa shape index (κ1) is 22.3. The third-order valence-electron chi connectivity index (χ3n) is 5.22. The zero-order chi connectivity index (χ0) is 21.2. The number of hydrogen-bond acceptors (Lipinski definition) is 4. The Bertz CT molecular complexity index is 904. The van der Waals surface area contributed by atoms with Crippen LogP contribution in [-0.4, -0.2) is 58.5 Å². The van der Waals surface area contributed by atoms with Crippen molar-refractivity contribution in [3.63, 3.8) is 0 Å². The predicted octanol–water partition coefficient (Wildman–Crippen LogP) is 1.79. The Labute approximate surface area is 179 Å². The molecule has 2 aromatic carbocycles. The van der Waals surface area contributed by atoms with E-state index < -0.39 is 10.0 Å². The monoisotopic (exact) mass is 429 g/mol. The van der Waals surface area contributed by atoms with Gasteiger partial charge in [-0.1, -0.05) is 48.5 Å². The van der Waals surface area contributed by atoms with E-state index in [0.29, 0.717) is 18.5 Å². The Kier molecular flexibility index (Phi) is 8.24. The van der Waals surface area contributed by atoms with E-state index in [2.05, 4.69) is 49.5 Å². The molecule has 30 heavy (non-hydrogen) atoms. The highest BCUT2D eigenvalue weighted by Gasteiger charge is 2.24. The fourth-order valence-electron chi connectivity index (χ4n) is 3.64. The van der Waals surface area contributed by atoms with Crippen LogP contribution in [0.15, 0.2) is 70.6 Å². The topological polar surface area (TPSA) is 85.8 Å². The number of likely N-dealkylation sites (tertiary alicyclic amines) is 1. The molecule has 0 spiro atoms. The zero-order valence-electron chi connectivity index (χ0n) is 17.4. The molecule has 8 heteroatoms. The quantitative estimate of drug-likeness (QED) is 0.322. The molecule has 2 aromatic rings. The summed E-state index contributed by atoms with van der Waals surface area (Å²) in [6.07, 6.45) is 2.36. The summed E-state index contributed by atoms with van der Waals surface area (Å²) in [7, 11) is -1.76. The van der Waals surface area contributed by atoms with Gasteiger partial charge in [0.25, 0.3) is 0 Å². The second kappa shape index (κ2) is 11.1. The summed E-state index contributed by atoms with van der Waals surface area (Å²) in [5.74, 6) is 0.681. The lowest BCUT2D eigenvalue weighted by atomic mass is 10.2. The van der Waals surface area contributed by atoms with Crippen molar-refractivity contribution in [2.24, 2.45) is 4.99 Å². The molecule has 7 nitrogen and oxygen atoms in total. The van der Waals surface area contributed by atoms with E-state index in [4.69, 9.17) is 0 Å². The van der Waals surface area contributed by atoms with Crippen molar-refractivity contribution in [3.05, 3.63) is 66.2 Å². The number of rotatable bonds is 9. The third kappa shape index (κ3) is 6.55. The SMILES string of the molecule is CN=C(NCCNS(=O)(=O)c1ccccc1)NCC1CCCN1Cc1ccccc1. The standard InChI is InChI=1S/C22H31N5O2S/c1-23-22(24-14-15-26-30(28,29)21-12-6-3-7-13-21)25-17-20-11-8-16-27(20)18-19-9-4-2-5-10-19/h2-7,9-10,12-13,20,26H,8,11,14-18H2,1H3,(H2,23,24,25). The third-order valence-corrected chi connectivity index (χ3v) is 6.70. The lowest BCUT2D eigenvalue weighted by Crippen LogP contribution is -2.46. The highest BCUT2D eigenvalue weighted by Crippen LogP contribution is 2.19. The van der Waals surface area contributed by atoms with Crippen LogP contribution in [0.4, 0.5) is 0 Å². The second-order valence-corrected chi connectivity index (χ2v) is 9.11. The van der Waals surface area contributed by atoms with Gasteiger partial charge in [0, 0.05) is 39.3 Å². The van der Waals surface area contributed by atoms with Crippen LogP contribution >= 0.6 is 0 Å². The van der Waals surface area contributed by atoms with E-state index in [1.165, 1.54) is 12.0 Å². The fraction of sp³-hybridized carbons (Fsp3) is 0.409. The molecule has 1 aliphatic rings. The molecular weight excluding hydrogens is 398 g/mol. The molecule has 0 aliphatic carbocycles. The molecule has 162 valence electrons. The van der Waals surface area contributed by atoms with Crippen molar-refractivity contribution < 1.29 is 8.42 Å². The minimum absolute atomic E-state index is 0.271. The maximum Gasteiger partial charge on any atom is 0.240 e. The van der Waals surface area contributed by atoms with Crippen molar-refractivity contribution in [1.82, 2.24) is 20.3 Å². The van der Waals surface area contributed by atoms with Gasteiger partial charge in [-0.2, -0.15) is 0 Å². The predicted molar refractivity (Wildman–Crippen MR) is 121 cm³/mol. The van der Waals surface area contributed by atoms with Gasteiger partial charge in [0.2, 0.25) is 10.0 Å². The van der Waals surface area contributed by atoms with Crippen molar-refractivity contribution in [3.8, 4) is 0 Å². The first-order chi connectivity index (χ1) is 14.6. The molecule has 1 saturated heterocycles. The van der Waals surface area contributed by atoms with Gasteiger partial charge >= 0.3 is 0 Å². The highest BCUT2D eigenvalue weighted by atomic mass is 32.2. The van der Waals surface area contributed by atoms with Crippen LogP contribution in [0.5, 0.6) is 0 Å². The Balaban J connectivity index is 1.40. The van der Waals surface area contributed by atoms with Crippen LogP contribution in [0.2, 0.25) is 0 Å². The van der Waals surface area contributed by atoms with Gasteiger partial charge < -0.3 is 10.6 Å². The number of hydrogen-bond donors (Lipinski definition) is 3. The summed E-state index contributed by atoms with van der Waals surface area (Å²) >= 11 is 0. The number of nitrogens with one attached hydrogen (secondary N) is 3. The van der Waals surface area contributed by atoms with Crippen LogP contribution in [0.25, 0.3) is 0 Å². The van der Waals surface area contributed by atoms with Gasteiger partial charge in [0.05, 0.1) is 4.90 Å². The van der Waals surface area contributed by atoms with E-state index in [1.807, 2.05) is 6.07 Å². The molecular formula is C22H31N5O2S. The summed E-state index contributed by atoms with van der Waals surface area (Å²) in [5.41, 5.74) is 1.33. The molecule has 0 amide bonds. The average molecular weight is 430 g/mol. The van der Waals surface area contributed by atoms with E-state index in [1.54, 1.807) is 37.4 Å². The van der Waals surface area contributed by atoms with Crippen LogP contribution in [0, 0.1) is 0 Å². The lowest BCUT2D eigenvalue weighted by molar-refractivity contribution is 0.245. The van der Waals surface area contributed by atoms with Gasteiger partial charge in [0.15, 0.2) is 5.96 Å². The summed E-state index contributed by atoms with van der Waals surface area (Å²) in [4.78, 5) is 7.02. The fourth-order valence-corrected chi connectivity index (χ4v) is 4.69. The maximum absolute atomic E-state index is 12.2. The number of nitrogens with zero attached hydrogens (tertiary/aromatic N) is 2. The first-order valence-corrected chi connectivity index (χ1v) is 11.8. The van der Waals surface area contributed by atoms with Gasteiger partial charge in [-0.05, 0) is 37.1 Å². The van der Waals surface area contributed by atoms with E-state index >= 15 is 0 Å². The Morgan fingerprint density at radius 1 is 1.03 bits per heavy atom. The minimum Gasteiger partial charge on any atom is -0.355 e. The number of sulfonamides is 1. The number of guanidine groups is 1. The molecule has 0 radical (unpaired) electrons. The van der Waals surface area contributed by atoms with Crippen molar-refractivity contribution in [2.45, 2.75) is 30.3 Å². The summed E-state index contributed by atoms with van der Waals surface area (Å²) < 4.78 is 27.1. The van der Waals surface area contributed by atoms with E-state index in [9.17, 15) is 8.42 Å². The first-order valence-electron chi connectivity index (χ1n) is 10.4. The minimum atomic E-state index is -3.48. The van der Waals surface area contributed by atoms with Gasteiger partial charge in [0.1, 0.15) is 0 Å². The number of aliphatic imine (C=N–C) groups is 1. The van der Waals surface area contributed by atoms with Crippen LogP contribution in [0.3, 0.4) is 0 Å². The molecule has 0 aromatic heterocycles. The summed E-state index contributed by atoms with van der Waals surface area (Å²) in [5, 5.41) is 6.55. The Morgan fingerprint density at radius 2 is 1.73 bits per heavy atom. The molecule has 1 heterocycles. The van der Waals surface area contributed by atoms with E-state index in [-0.39, 0.29) is 11.4 Å². The van der Waals surface area contributed by atoms with Gasteiger partial charge in [-0.15, -0.1) is 0 Å². The Morgan fingerprint density at radius 3 is 2.43 bits per heavy atom. The van der Waals surface area contributed by atoms with Crippen LogP contribution < -0.4 is 15.4 Å². The molecule has 1 atom stereocenters. The average Bonchev–Trinajstić information content (AvgIpc) is 3.21.